The molecule has 0 bridgehead atoms. The van der Waals surface area contributed by atoms with Crippen LogP contribution in [0.4, 0.5) is 5.69 Å². The Labute approximate surface area is 215 Å². The maximum absolute atomic E-state index is 13.2. The molecule has 3 aromatic rings. The van der Waals surface area contributed by atoms with Gasteiger partial charge in [0.25, 0.3) is 11.8 Å². The van der Waals surface area contributed by atoms with Crippen molar-refractivity contribution in [2.45, 2.75) is 38.1 Å². The highest BCUT2D eigenvalue weighted by molar-refractivity contribution is 6.02. The van der Waals surface area contributed by atoms with Crippen LogP contribution in [0.1, 0.15) is 46.8 Å². The average Bonchev–Trinajstić information content (AvgIpc) is 3.61. The minimum absolute atomic E-state index is 0.0179. The second-order valence-corrected chi connectivity index (χ2v) is 9.39. The highest BCUT2D eigenvalue weighted by Crippen LogP contribution is 2.32. The van der Waals surface area contributed by atoms with Crippen molar-refractivity contribution in [3.63, 3.8) is 0 Å². The number of nitrogens with one attached hydrogen (secondary N) is 2. The summed E-state index contributed by atoms with van der Waals surface area (Å²) in [5.41, 5.74) is 2.59. The fourth-order valence-corrected chi connectivity index (χ4v) is 4.67. The van der Waals surface area contributed by atoms with Crippen LogP contribution in [-0.2, 0) is 22.4 Å². The molecule has 2 aliphatic heterocycles. The van der Waals surface area contributed by atoms with Crippen LogP contribution in [-0.4, -0.2) is 70.6 Å². The molecular weight excluding hydrogens is 472 g/mol. The van der Waals surface area contributed by atoms with Crippen molar-refractivity contribution >= 4 is 23.4 Å². The molecule has 2 N–H and O–H groups in total. The Hall–Kier alpha value is -4.21. The number of carbonyl (C=O) groups is 3. The summed E-state index contributed by atoms with van der Waals surface area (Å²) in [7, 11) is 1.65. The Bertz CT molecular complexity index is 1290. The van der Waals surface area contributed by atoms with Crippen molar-refractivity contribution in [2.24, 2.45) is 0 Å². The van der Waals surface area contributed by atoms with E-state index in [1.165, 1.54) is 4.90 Å². The predicted molar refractivity (Wildman–Crippen MR) is 136 cm³/mol. The first-order chi connectivity index (χ1) is 18.0. The number of hydrogen-bond donors (Lipinski definition) is 2. The maximum atomic E-state index is 13.2. The standard InChI is InChI=1S/C27H30N6O4/c1-32-21-15-19(10-12-24(34)33-13-5-6-14-33)9-11-22(21)37-17-20(27(32)36)28-26(35)25-29-23(30-31-25)16-18-7-3-2-4-8-18/h2-4,7-9,11,15,20H,5-6,10,12-14,16-17H2,1H3,(H,28,35)(H,29,30,31)/t20-/m1/s1. The summed E-state index contributed by atoms with van der Waals surface area (Å²) in [5, 5.41) is 9.50. The summed E-state index contributed by atoms with van der Waals surface area (Å²) in [5.74, 6) is 0.364. The van der Waals surface area contributed by atoms with Gasteiger partial charge in [-0.15, -0.1) is 5.10 Å². The lowest BCUT2D eigenvalue weighted by atomic mass is 10.1. The predicted octanol–water partition coefficient (Wildman–Crippen LogP) is 2.10. The second-order valence-electron chi connectivity index (χ2n) is 9.39. The number of likely N-dealkylation sites (tertiary alicyclic amines) is 1. The molecule has 0 radical (unpaired) electrons. The third-order valence-electron chi connectivity index (χ3n) is 6.76. The minimum atomic E-state index is -0.902. The molecule has 0 saturated carbocycles. The summed E-state index contributed by atoms with van der Waals surface area (Å²) < 4.78 is 5.88. The first-order valence-electron chi connectivity index (χ1n) is 12.5. The van der Waals surface area contributed by atoms with Gasteiger partial charge in [0.15, 0.2) is 0 Å². The van der Waals surface area contributed by atoms with E-state index in [1.807, 2.05) is 53.4 Å². The highest BCUT2D eigenvalue weighted by atomic mass is 16.5. The largest absolute Gasteiger partial charge is 0.489 e. The number of carbonyl (C=O) groups excluding carboxylic acids is 3. The van der Waals surface area contributed by atoms with Gasteiger partial charge in [0.05, 0.1) is 5.69 Å². The van der Waals surface area contributed by atoms with Gasteiger partial charge in [-0.05, 0) is 42.5 Å². The van der Waals surface area contributed by atoms with Gasteiger partial charge in [0.2, 0.25) is 11.7 Å². The van der Waals surface area contributed by atoms with Gasteiger partial charge in [0.1, 0.15) is 24.2 Å². The number of aromatic amines is 1. The van der Waals surface area contributed by atoms with Crippen LogP contribution in [0.3, 0.4) is 0 Å². The van der Waals surface area contributed by atoms with Crippen molar-refractivity contribution in [3.8, 4) is 5.75 Å². The number of fused-ring (bicyclic) bond motifs is 1. The van der Waals surface area contributed by atoms with Gasteiger partial charge < -0.3 is 19.9 Å². The van der Waals surface area contributed by atoms with Gasteiger partial charge in [0, 0.05) is 33.0 Å². The molecule has 0 aliphatic carbocycles. The lowest BCUT2D eigenvalue weighted by Crippen LogP contribution is -2.49. The smallest absolute Gasteiger partial charge is 0.291 e. The van der Waals surface area contributed by atoms with E-state index in [0.29, 0.717) is 36.5 Å². The maximum Gasteiger partial charge on any atom is 0.291 e. The van der Waals surface area contributed by atoms with Crippen molar-refractivity contribution in [1.82, 2.24) is 25.4 Å². The molecule has 10 nitrogen and oxygen atoms in total. The quantitative estimate of drug-likeness (QED) is 0.511. The van der Waals surface area contributed by atoms with Crippen LogP contribution in [0, 0.1) is 0 Å². The highest BCUT2D eigenvalue weighted by Gasteiger charge is 2.32. The number of aromatic nitrogens is 3. The molecule has 1 atom stereocenters. The van der Waals surface area contributed by atoms with Crippen molar-refractivity contribution in [3.05, 3.63) is 71.3 Å². The Morgan fingerprint density at radius 3 is 2.68 bits per heavy atom. The molecule has 0 unspecified atom stereocenters. The number of aryl methyl sites for hydroxylation is 1. The molecule has 5 rings (SSSR count). The molecule has 1 aromatic heterocycles. The Morgan fingerprint density at radius 2 is 1.89 bits per heavy atom. The van der Waals surface area contributed by atoms with Crippen LogP contribution in [0.5, 0.6) is 5.75 Å². The topological polar surface area (TPSA) is 121 Å². The van der Waals surface area contributed by atoms with Crippen molar-refractivity contribution < 1.29 is 19.1 Å². The fraction of sp³-hybridized carbons (Fsp3) is 0.370. The van der Waals surface area contributed by atoms with E-state index in [9.17, 15) is 14.4 Å². The number of nitrogens with zero attached hydrogens (tertiary/aromatic N) is 4. The zero-order chi connectivity index (χ0) is 25.8. The van der Waals surface area contributed by atoms with E-state index in [2.05, 4.69) is 20.5 Å². The number of rotatable bonds is 7. The van der Waals surface area contributed by atoms with Crippen LogP contribution in [0.25, 0.3) is 0 Å². The monoisotopic (exact) mass is 502 g/mol. The van der Waals surface area contributed by atoms with E-state index in [1.54, 1.807) is 7.05 Å². The van der Waals surface area contributed by atoms with Crippen LogP contribution >= 0.6 is 0 Å². The molecule has 0 spiro atoms. The lowest BCUT2D eigenvalue weighted by Gasteiger charge is -2.20. The Morgan fingerprint density at radius 1 is 1.11 bits per heavy atom. The average molecular weight is 503 g/mol. The number of H-pyrrole nitrogens is 1. The number of benzene rings is 2. The SMILES string of the molecule is CN1C(=O)[C@H](NC(=O)c2n[nH]c(Cc3ccccc3)n2)COc2ccc(CCC(=O)N3CCCC3)cc21. The molecule has 10 heteroatoms. The molecule has 3 amide bonds. The molecule has 2 aromatic carbocycles. The Balaban J connectivity index is 1.21. The van der Waals surface area contributed by atoms with E-state index < -0.39 is 11.9 Å². The van der Waals surface area contributed by atoms with Crippen LogP contribution in [0.15, 0.2) is 48.5 Å². The van der Waals surface area contributed by atoms with E-state index >= 15 is 0 Å². The molecule has 1 fully saturated rings. The van der Waals surface area contributed by atoms with Gasteiger partial charge in [-0.3, -0.25) is 19.5 Å². The summed E-state index contributed by atoms with van der Waals surface area (Å²) in [6, 6.07) is 14.4. The van der Waals surface area contributed by atoms with Crippen molar-refractivity contribution in [1.29, 1.82) is 0 Å². The number of amides is 3. The number of hydrogen-bond acceptors (Lipinski definition) is 6. The molecule has 3 heterocycles. The minimum Gasteiger partial charge on any atom is -0.489 e. The van der Waals surface area contributed by atoms with E-state index in [-0.39, 0.29) is 24.2 Å². The zero-order valence-corrected chi connectivity index (χ0v) is 20.8. The Kier molecular flexibility index (Phi) is 7.16. The van der Waals surface area contributed by atoms with Gasteiger partial charge >= 0.3 is 0 Å². The summed E-state index contributed by atoms with van der Waals surface area (Å²) in [4.78, 5) is 46.1. The van der Waals surface area contributed by atoms with E-state index in [4.69, 9.17) is 4.74 Å². The molecular formula is C27H30N6O4. The number of anilines is 1. The zero-order valence-electron chi connectivity index (χ0n) is 20.8. The third kappa shape index (κ3) is 5.63. The van der Waals surface area contributed by atoms with Gasteiger partial charge in [-0.25, -0.2) is 4.98 Å². The first kappa shape index (κ1) is 24.5. The van der Waals surface area contributed by atoms with E-state index in [0.717, 1.165) is 37.1 Å². The second kappa shape index (κ2) is 10.8. The molecule has 192 valence electrons. The molecule has 2 aliphatic rings. The van der Waals surface area contributed by atoms with Gasteiger partial charge in [-0.1, -0.05) is 36.4 Å². The van der Waals surface area contributed by atoms with Crippen LogP contribution < -0.4 is 15.0 Å². The molecule has 37 heavy (non-hydrogen) atoms. The summed E-state index contributed by atoms with van der Waals surface area (Å²) in [6.07, 6.45) is 3.66. The van der Waals surface area contributed by atoms with Gasteiger partial charge in [-0.2, -0.15) is 0 Å². The first-order valence-corrected chi connectivity index (χ1v) is 12.5. The lowest BCUT2D eigenvalue weighted by molar-refractivity contribution is -0.130. The van der Waals surface area contributed by atoms with Crippen molar-refractivity contribution in [2.75, 3.05) is 31.6 Å². The summed E-state index contributed by atoms with van der Waals surface area (Å²) >= 11 is 0. The number of likely N-dealkylation sites (N-methyl/N-ethyl adjacent to an activating group) is 1. The summed E-state index contributed by atoms with van der Waals surface area (Å²) in [6.45, 7) is 1.66. The van der Waals surface area contributed by atoms with Crippen LogP contribution in [0.2, 0.25) is 0 Å². The molecule has 1 saturated heterocycles. The fourth-order valence-electron chi connectivity index (χ4n) is 4.67. The normalized spacial score (nSPS) is 17.2. The number of ether oxygens (including phenoxy) is 1. The third-order valence-corrected chi connectivity index (χ3v) is 6.76.